The van der Waals surface area contributed by atoms with Crippen LogP contribution >= 0.6 is 0 Å². The Morgan fingerprint density at radius 1 is 1.12 bits per heavy atom. The number of aromatic nitrogens is 4. The van der Waals surface area contributed by atoms with Crippen LogP contribution in [0.15, 0.2) is 59.5 Å². The first-order chi connectivity index (χ1) is 15.5. The van der Waals surface area contributed by atoms with Crippen molar-refractivity contribution in [3.05, 3.63) is 87.5 Å². The van der Waals surface area contributed by atoms with Crippen molar-refractivity contribution in [3.8, 4) is 5.69 Å². The van der Waals surface area contributed by atoms with Gasteiger partial charge >= 0.3 is 0 Å². The Labute approximate surface area is 185 Å². The second-order valence-electron chi connectivity index (χ2n) is 8.49. The predicted molar refractivity (Wildman–Crippen MR) is 123 cm³/mol. The van der Waals surface area contributed by atoms with Crippen LogP contribution < -0.4 is 10.9 Å². The zero-order valence-corrected chi connectivity index (χ0v) is 18.2. The van der Waals surface area contributed by atoms with Gasteiger partial charge in [0.15, 0.2) is 0 Å². The van der Waals surface area contributed by atoms with Crippen LogP contribution in [0.5, 0.6) is 0 Å². The number of carbonyl (C=O) groups excluding carboxylic acids is 1. The van der Waals surface area contributed by atoms with E-state index in [1.165, 1.54) is 4.68 Å². The van der Waals surface area contributed by atoms with Crippen LogP contribution in [0.1, 0.15) is 41.1 Å². The minimum Gasteiger partial charge on any atom is -0.350 e. The molecule has 1 fully saturated rings. The number of benzene rings is 2. The van der Waals surface area contributed by atoms with Crippen molar-refractivity contribution in [3.63, 3.8) is 0 Å². The summed E-state index contributed by atoms with van der Waals surface area (Å²) in [4.78, 5) is 26.0. The lowest BCUT2D eigenvalue weighted by molar-refractivity contribution is -0.122. The third-order valence-corrected chi connectivity index (χ3v) is 5.88. The highest BCUT2D eigenvalue weighted by Gasteiger charge is 2.30. The largest absolute Gasteiger partial charge is 0.350 e. The summed E-state index contributed by atoms with van der Waals surface area (Å²) in [6, 6.07) is 15.7. The van der Waals surface area contributed by atoms with E-state index in [4.69, 9.17) is 0 Å². The highest BCUT2D eigenvalue weighted by Crippen LogP contribution is 2.41. The van der Waals surface area contributed by atoms with Gasteiger partial charge in [-0.05, 0) is 43.9 Å². The molecule has 0 bridgehead atoms. The first-order valence-electron chi connectivity index (χ1n) is 10.9. The lowest BCUT2D eigenvalue weighted by atomic mass is 10.1. The van der Waals surface area contributed by atoms with Gasteiger partial charge in [-0.15, -0.1) is 0 Å². The molecule has 1 aliphatic rings. The monoisotopic (exact) mass is 427 g/mol. The van der Waals surface area contributed by atoms with E-state index in [0.29, 0.717) is 18.0 Å². The third kappa shape index (κ3) is 3.82. The van der Waals surface area contributed by atoms with Gasteiger partial charge in [0.2, 0.25) is 5.91 Å². The summed E-state index contributed by atoms with van der Waals surface area (Å²) in [7, 11) is 0. The maximum absolute atomic E-state index is 13.4. The van der Waals surface area contributed by atoms with Gasteiger partial charge in [-0.1, -0.05) is 48.0 Å². The summed E-state index contributed by atoms with van der Waals surface area (Å²) in [6.45, 7) is 4.33. The molecule has 0 spiro atoms. The van der Waals surface area contributed by atoms with Crippen molar-refractivity contribution in [2.75, 3.05) is 0 Å². The summed E-state index contributed by atoms with van der Waals surface area (Å²) in [5, 5.41) is 12.8. The molecule has 4 aromatic rings. The Bertz CT molecular complexity index is 1370. The third-order valence-electron chi connectivity index (χ3n) is 5.88. The molecule has 5 rings (SSSR count). The van der Waals surface area contributed by atoms with E-state index in [2.05, 4.69) is 21.6 Å². The van der Waals surface area contributed by atoms with Gasteiger partial charge in [-0.3, -0.25) is 9.59 Å². The average Bonchev–Trinajstić information content (AvgIpc) is 3.53. The van der Waals surface area contributed by atoms with Crippen LogP contribution in [0, 0.1) is 13.8 Å². The highest BCUT2D eigenvalue weighted by atomic mass is 16.2. The molecular weight excluding hydrogens is 402 g/mol. The average molecular weight is 428 g/mol. The topological polar surface area (TPSA) is 81.8 Å². The van der Waals surface area contributed by atoms with Gasteiger partial charge in [0.1, 0.15) is 12.1 Å². The van der Waals surface area contributed by atoms with Gasteiger partial charge in [0.25, 0.3) is 5.56 Å². The quantitative estimate of drug-likeness (QED) is 0.511. The molecule has 0 saturated heterocycles. The molecule has 0 aliphatic heterocycles. The number of amides is 1. The molecular formula is C25H25N5O2. The normalized spacial score (nSPS) is 13.4. The molecule has 1 saturated carbocycles. The molecule has 1 N–H and O–H groups in total. The van der Waals surface area contributed by atoms with Crippen LogP contribution in [0.4, 0.5) is 0 Å². The van der Waals surface area contributed by atoms with E-state index >= 15 is 0 Å². The van der Waals surface area contributed by atoms with Crippen molar-refractivity contribution in [2.24, 2.45) is 0 Å². The molecule has 32 heavy (non-hydrogen) atoms. The first kappa shape index (κ1) is 20.2. The fourth-order valence-electron chi connectivity index (χ4n) is 4.07. The highest BCUT2D eigenvalue weighted by molar-refractivity contribution is 5.83. The number of nitrogens with zero attached hydrogens (tertiary/aromatic N) is 4. The van der Waals surface area contributed by atoms with E-state index in [-0.39, 0.29) is 18.0 Å². The second-order valence-corrected chi connectivity index (χ2v) is 8.49. The van der Waals surface area contributed by atoms with Crippen LogP contribution in [0.3, 0.4) is 0 Å². The van der Waals surface area contributed by atoms with Gasteiger partial charge in [-0.25, -0.2) is 9.36 Å². The van der Waals surface area contributed by atoms with Gasteiger partial charge in [0, 0.05) is 17.8 Å². The summed E-state index contributed by atoms with van der Waals surface area (Å²) < 4.78 is 2.98. The standard InChI is InChI=1S/C25H25N5O2/c1-16-8-11-21(17(2)12-16)30-24-20(14-27-30)23(19-9-10-19)28-29(25(24)32)15-22(31)26-13-18-6-4-3-5-7-18/h3-8,11-12,14,19H,9-10,13,15H2,1-2H3,(H,26,31). The summed E-state index contributed by atoms with van der Waals surface area (Å²) >= 11 is 0. The maximum atomic E-state index is 13.4. The summed E-state index contributed by atoms with van der Waals surface area (Å²) in [5.41, 5.74) is 5.06. The van der Waals surface area contributed by atoms with Gasteiger partial charge in [-0.2, -0.15) is 10.2 Å². The second kappa shape index (κ2) is 8.07. The number of hydrogen-bond donors (Lipinski definition) is 1. The van der Waals surface area contributed by atoms with E-state index in [0.717, 1.165) is 46.3 Å². The Morgan fingerprint density at radius 3 is 2.62 bits per heavy atom. The number of aryl methyl sites for hydroxylation is 2. The smallest absolute Gasteiger partial charge is 0.293 e. The molecule has 162 valence electrons. The Balaban J connectivity index is 1.52. The number of rotatable bonds is 6. The molecule has 0 radical (unpaired) electrons. The molecule has 2 heterocycles. The lowest BCUT2D eigenvalue weighted by Gasteiger charge is -2.12. The van der Waals surface area contributed by atoms with E-state index in [1.807, 2.05) is 56.3 Å². The van der Waals surface area contributed by atoms with Crippen molar-refractivity contribution in [2.45, 2.75) is 45.7 Å². The minimum atomic E-state index is -0.309. The number of carbonyl (C=O) groups is 1. The Kier molecular flexibility index (Phi) is 5.09. The molecule has 2 aromatic carbocycles. The molecule has 1 aliphatic carbocycles. The minimum absolute atomic E-state index is 0.126. The van der Waals surface area contributed by atoms with Crippen molar-refractivity contribution >= 4 is 16.8 Å². The van der Waals surface area contributed by atoms with Gasteiger partial charge in [0.05, 0.1) is 17.6 Å². The van der Waals surface area contributed by atoms with E-state index in [9.17, 15) is 9.59 Å². The van der Waals surface area contributed by atoms with E-state index in [1.54, 1.807) is 10.9 Å². The Morgan fingerprint density at radius 2 is 1.91 bits per heavy atom. The molecule has 7 nitrogen and oxygen atoms in total. The predicted octanol–water partition coefficient (Wildman–Crippen LogP) is 3.39. The van der Waals surface area contributed by atoms with E-state index < -0.39 is 0 Å². The summed E-state index contributed by atoms with van der Waals surface area (Å²) in [5.74, 6) is 0.0654. The SMILES string of the molecule is Cc1ccc(-n2ncc3c(C4CC4)nn(CC(=O)NCc4ccccc4)c(=O)c32)c(C)c1. The molecule has 2 aromatic heterocycles. The maximum Gasteiger partial charge on any atom is 0.293 e. The van der Waals surface area contributed by atoms with Crippen molar-refractivity contribution in [1.82, 2.24) is 24.9 Å². The van der Waals surface area contributed by atoms with Crippen LogP contribution in [-0.2, 0) is 17.9 Å². The fourth-order valence-corrected chi connectivity index (χ4v) is 4.07. The van der Waals surface area contributed by atoms with Crippen molar-refractivity contribution in [1.29, 1.82) is 0 Å². The molecule has 1 amide bonds. The number of hydrogen-bond acceptors (Lipinski definition) is 4. The van der Waals surface area contributed by atoms with Crippen molar-refractivity contribution < 1.29 is 4.79 Å². The molecule has 7 heteroatoms. The first-order valence-corrected chi connectivity index (χ1v) is 10.9. The molecule has 0 atom stereocenters. The Hall–Kier alpha value is -3.74. The summed E-state index contributed by atoms with van der Waals surface area (Å²) in [6.07, 6.45) is 3.81. The molecule has 0 unspecified atom stereocenters. The van der Waals surface area contributed by atoms with Crippen LogP contribution in [-0.4, -0.2) is 25.5 Å². The number of fused-ring (bicyclic) bond motifs is 1. The van der Waals surface area contributed by atoms with Crippen LogP contribution in [0.25, 0.3) is 16.6 Å². The lowest BCUT2D eigenvalue weighted by Crippen LogP contribution is -2.34. The zero-order chi connectivity index (χ0) is 22.2. The number of nitrogens with one attached hydrogen (secondary N) is 1. The van der Waals surface area contributed by atoms with Gasteiger partial charge < -0.3 is 5.32 Å². The fraction of sp³-hybridized carbons (Fsp3) is 0.280. The van der Waals surface area contributed by atoms with Crippen LogP contribution in [0.2, 0.25) is 0 Å². The zero-order valence-electron chi connectivity index (χ0n) is 18.2.